The van der Waals surface area contributed by atoms with Crippen molar-refractivity contribution in [3.63, 3.8) is 0 Å². The second kappa shape index (κ2) is 4.54. The molecule has 0 N–H and O–H groups in total. The van der Waals surface area contributed by atoms with E-state index in [1.165, 1.54) is 32.1 Å². The zero-order valence-electron chi connectivity index (χ0n) is 8.74. The van der Waals surface area contributed by atoms with E-state index in [1.807, 2.05) is 12.2 Å². The molecule has 1 aliphatic heterocycles. The quantitative estimate of drug-likeness (QED) is 0.626. The monoisotopic (exact) mass is 194 g/mol. The van der Waals surface area contributed by atoms with Crippen LogP contribution in [0.25, 0.3) is 0 Å². The lowest BCUT2D eigenvalue weighted by molar-refractivity contribution is -0.223. The van der Waals surface area contributed by atoms with Crippen LogP contribution in [0.4, 0.5) is 0 Å². The molecule has 2 rings (SSSR count). The van der Waals surface area contributed by atoms with Gasteiger partial charge < -0.3 is 0 Å². The molecule has 0 radical (unpaired) electrons. The highest BCUT2D eigenvalue weighted by Gasteiger charge is 2.25. The lowest BCUT2D eigenvalue weighted by Crippen LogP contribution is -2.17. The third-order valence-electron chi connectivity index (χ3n) is 3.37. The van der Waals surface area contributed by atoms with E-state index in [4.69, 9.17) is 9.78 Å². The molecule has 1 saturated carbocycles. The van der Waals surface area contributed by atoms with Crippen LogP contribution in [-0.4, -0.2) is 0 Å². The highest BCUT2D eigenvalue weighted by atomic mass is 17.2. The molecule has 1 heterocycles. The molecule has 0 spiro atoms. The van der Waals surface area contributed by atoms with Gasteiger partial charge in [0.05, 0.1) is 0 Å². The van der Waals surface area contributed by atoms with Crippen molar-refractivity contribution in [3.8, 4) is 0 Å². The minimum atomic E-state index is 0.586. The van der Waals surface area contributed by atoms with Gasteiger partial charge in [-0.15, -0.1) is 0 Å². The van der Waals surface area contributed by atoms with Crippen LogP contribution in [0.2, 0.25) is 0 Å². The highest BCUT2D eigenvalue weighted by molar-refractivity contribution is 5.10. The second-order valence-electron chi connectivity index (χ2n) is 4.20. The Morgan fingerprint density at radius 2 is 2.07 bits per heavy atom. The molecule has 2 nitrogen and oxygen atoms in total. The van der Waals surface area contributed by atoms with Crippen molar-refractivity contribution < 1.29 is 9.78 Å². The topological polar surface area (TPSA) is 18.5 Å². The smallest absolute Gasteiger partial charge is 0.158 e. The van der Waals surface area contributed by atoms with Gasteiger partial charge >= 0.3 is 0 Å². The van der Waals surface area contributed by atoms with Crippen LogP contribution in [0.1, 0.15) is 39.0 Å². The first kappa shape index (κ1) is 9.63. The van der Waals surface area contributed by atoms with Crippen LogP contribution in [0, 0.1) is 11.8 Å². The lowest BCUT2D eigenvalue weighted by atomic mass is 9.80. The number of rotatable bonds is 2. The van der Waals surface area contributed by atoms with Gasteiger partial charge in [0.1, 0.15) is 6.26 Å². The van der Waals surface area contributed by atoms with Gasteiger partial charge in [0.15, 0.2) is 5.76 Å². The summed E-state index contributed by atoms with van der Waals surface area (Å²) in [6.45, 7) is 2.28. The first-order chi connectivity index (χ1) is 6.90. The van der Waals surface area contributed by atoms with Crippen LogP contribution in [0.15, 0.2) is 24.2 Å². The summed E-state index contributed by atoms with van der Waals surface area (Å²) in [6.07, 6.45) is 12.0. The highest BCUT2D eigenvalue weighted by Crippen LogP contribution is 2.35. The van der Waals surface area contributed by atoms with E-state index in [1.54, 1.807) is 6.26 Å². The van der Waals surface area contributed by atoms with Crippen LogP contribution in [0.5, 0.6) is 0 Å². The normalized spacial score (nSPS) is 31.6. The van der Waals surface area contributed by atoms with E-state index in [-0.39, 0.29) is 0 Å². The largest absolute Gasteiger partial charge is 0.298 e. The van der Waals surface area contributed by atoms with Crippen molar-refractivity contribution in [2.45, 2.75) is 39.0 Å². The van der Waals surface area contributed by atoms with Crippen molar-refractivity contribution in [1.29, 1.82) is 0 Å². The molecule has 14 heavy (non-hydrogen) atoms. The molecular formula is C12H18O2. The molecule has 0 aromatic heterocycles. The van der Waals surface area contributed by atoms with Crippen molar-refractivity contribution in [3.05, 3.63) is 24.2 Å². The fourth-order valence-electron chi connectivity index (χ4n) is 2.34. The molecular weight excluding hydrogens is 176 g/mol. The van der Waals surface area contributed by atoms with Crippen molar-refractivity contribution in [2.24, 2.45) is 11.8 Å². The summed E-state index contributed by atoms with van der Waals surface area (Å²) >= 11 is 0. The average Bonchev–Trinajstić information content (AvgIpc) is 2.30. The molecule has 0 atom stereocenters. The molecule has 2 aliphatic rings. The van der Waals surface area contributed by atoms with Crippen LogP contribution in [0.3, 0.4) is 0 Å². The molecule has 0 aromatic carbocycles. The van der Waals surface area contributed by atoms with Gasteiger partial charge in [-0.05, 0) is 43.8 Å². The third kappa shape index (κ3) is 2.11. The van der Waals surface area contributed by atoms with Gasteiger partial charge in [-0.1, -0.05) is 13.3 Å². The van der Waals surface area contributed by atoms with Gasteiger partial charge in [-0.25, -0.2) is 0 Å². The summed E-state index contributed by atoms with van der Waals surface area (Å²) in [5, 5.41) is 0. The third-order valence-corrected chi connectivity index (χ3v) is 3.37. The SMILES string of the molecule is CCC1CCC(C2=CC=COO2)CC1. The van der Waals surface area contributed by atoms with E-state index < -0.39 is 0 Å². The summed E-state index contributed by atoms with van der Waals surface area (Å²) < 4.78 is 0. The molecule has 0 amide bonds. The van der Waals surface area contributed by atoms with Crippen molar-refractivity contribution in [2.75, 3.05) is 0 Å². The predicted molar refractivity (Wildman–Crippen MR) is 55.1 cm³/mol. The van der Waals surface area contributed by atoms with E-state index in [2.05, 4.69) is 6.92 Å². The number of hydrogen-bond donors (Lipinski definition) is 0. The first-order valence-corrected chi connectivity index (χ1v) is 5.60. The molecule has 1 aliphatic carbocycles. The van der Waals surface area contributed by atoms with E-state index in [9.17, 15) is 0 Å². The van der Waals surface area contributed by atoms with Gasteiger partial charge in [0, 0.05) is 5.92 Å². The lowest BCUT2D eigenvalue weighted by Gasteiger charge is -2.28. The Kier molecular flexibility index (Phi) is 3.12. The Morgan fingerprint density at radius 3 is 2.64 bits per heavy atom. The maximum atomic E-state index is 5.16. The standard InChI is InChI=1S/C12H18O2/c1-2-10-5-7-11(8-6-10)12-4-3-9-13-14-12/h3-4,9-11H,2,5-8H2,1H3. The zero-order valence-corrected chi connectivity index (χ0v) is 8.74. The van der Waals surface area contributed by atoms with Crippen LogP contribution < -0.4 is 0 Å². The summed E-state index contributed by atoms with van der Waals surface area (Å²) in [5.41, 5.74) is 0. The predicted octanol–water partition coefficient (Wildman–Crippen LogP) is 3.56. The molecule has 1 fully saturated rings. The Bertz CT molecular complexity index is 235. The minimum absolute atomic E-state index is 0.586. The van der Waals surface area contributed by atoms with E-state index >= 15 is 0 Å². The summed E-state index contributed by atoms with van der Waals surface area (Å²) in [7, 11) is 0. The van der Waals surface area contributed by atoms with Gasteiger partial charge in [-0.2, -0.15) is 0 Å². The summed E-state index contributed by atoms with van der Waals surface area (Å²) in [4.78, 5) is 10.0. The van der Waals surface area contributed by atoms with Crippen LogP contribution in [-0.2, 0) is 9.78 Å². The maximum Gasteiger partial charge on any atom is 0.158 e. The Balaban J connectivity index is 1.88. The Labute approximate surface area is 85.5 Å². The van der Waals surface area contributed by atoms with Gasteiger partial charge in [0.25, 0.3) is 0 Å². The average molecular weight is 194 g/mol. The molecule has 2 heteroatoms. The minimum Gasteiger partial charge on any atom is -0.298 e. The molecule has 0 unspecified atom stereocenters. The second-order valence-corrected chi connectivity index (χ2v) is 4.20. The molecule has 78 valence electrons. The summed E-state index contributed by atoms with van der Waals surface area (Å²) in [5.74, 6) is 2.54. The maximum absolute atomic E-state index is 5.16. The zero-order chi connectivity index (χ0) is 9.80. The van der Waals surface area contributed by atoms with Crippen molar-refractivity contribution in [1.82, 2.24) is 0 Å². The molecule has 0 saturated heterocycles. The fourth-order valence-corrected chi connectivity index (χ4v) is 2.34. The first-order valence-electron chi connectivity index (χ1n) is 5.60. The van der Waals surface area contributed by atoms with Gasteiger partial charge in [-0.3, -0.25) is 9.78 Å². The molecule has 0 aromatic rings. The molecule has 0 bridgehead atoms. The number of allylic oxidation sites excluding steroid dienone is 3. The number of hydrogen-bond acceptors (Lipinski definition) is 2. The fraction of sp³-hybridized carbons (Fsp3) is 0.667. The van der Waals surface area contributed by atoms with Crippen LogP contribution >= 0.6 is 0 Å². The Hall–Kier alpha value is -0.920. The van der Waals surface area contributed by atoms with E-state index in [0.29, 0.717) is 5.92 Å². The summed E-state index contributed by atoms with van der Waals surface area (Å²) in [6, 6.07) is 0. The van der Waals surface area contributed by atoms with Crippen molar-refractivity contribution >= 4 is 0 Å². The van der Waals surface area contributed by atoms with E-state index in [0.717, 1.165) is 11.7 Å². The Morgan fingerprint density at radius 1 is 1.29 bits per heavy atom. The van der Waals surface area contributed by atoms with Gasteiger partial charge in [0.2, 0.25) is 0 Å².